The van der Waals surface area contributed by atoms with Crippen LogP contribution in [0, 0.1) is 0 Å². The van der Waals surface area contributed by atoms with Gasteiger partial charge in [0.15, 0.2) is 0 Å². The Balaban J connectivity index is 0.000000325. The zero-order valence-corrected chi connectivity index (χ0v) is 14.9. The summed E-state index contributed by atoms with van der Waals surface area (Å²) in [6, 6.07) is 15.3. The summed E-state index contributed by atoms with van der Waals surface area (Å²) >= 11 is 0. The molecule has 0 saturated heterocycles. The molecule has 0 saturated carbocycles. The Labute approximate surface area is 158 Å². The summed E-state index contributed by atoms with van der Waals surface area (Å²) in [4.78, 5) is 0. The van der Waals surface area contributed by atoms with E-state index in [4.69, 9.17) is 9.47 Å². The van der Waals surface area contributed by atoms with Crippen molar-refractivity contribution in [2.75, 3.05) is 6.61 Å². The third-order valence-electron chi connectivity index (χ3n) is 3.51. The summed E-state index contributed by atoms with van der Waals surface area (Å²) in [6.45, 7) is 2.50. The maximum Gasteiger partial charge on any atom is 2.00 e. The van der Waals surface area contributed by atoms with Crippen LogP contribution in [0.2, 0.25) is 0 Å². The van der Waals surface area contributed by atoms with Crippen molar-refractivity contribution in [2.24, 2.45) is 0 Å². The molecule has 2 aliphatic rings. The molecule has 128 valence electrons. The van der Waals surface area contributed by atoms with Crippen LogP contribution < -0.4 is 14.6 Å². The summed E-state index contributed by atoms with van der Waals surface area (Å²) < 4.78 is 11.2. The van der Waals surface area contributed by atoms with Crippen LogP contribution >= 0.6 is 0 Å². The number of hydrogen-bond donors (Lipinski definition) is 0. The van der Waals surface area contributed by atoms with Gasteiger partial charge in [-0.25, -0.2) is 12.1 Å². The molecule has 0 radical (unpaired) electrons. The van der Waals surface area contributed by atoms with E-state index in [1.807, 2.05) is 61.6 Å². The minimum absolute atomic E-state index is 0. The van der Waals surface area contributed by atoms with Crippen molar-refractivity contribution < 1.29 is 31.6 Å². The molecule has 1 aliphatic heterocycles. The Morgan fingerprint density at radius 1 is 1.12 bits per heavy atom. The largest absolute Gasteiger partial charge is 2.00 e. The number of allylic oxidation sites excluding steroid dienone is 6. The normalized spacial score (nSPS) is 13.9. The Morgan fingerprint density at radius 2 is 1.84 bits per heavy atom. The van der Waals surface area contributed by atoms with Crippen molar-refractivity contribution in [3.63, 3.8) is 0 Å². The first-order valence-corrected chi connectivity index (χ1v) is 7.87. The topological polar surface area (TPSA) is 41.5 Å². The Kier molecular flexibility index (Phi) is 6.81. The van der Waals surface area contributed by atoms with Crippen molar-refractivity contribution in [3.05, 3.63) is 95.8 Å². The summed E-state index contributed by atoms with van der Waals surface area (Å²) in [6.07, 6.45) is 9.18. The van der Waals surface area contributed by atoms with Crippen molar-refractivity contribution in [2.45, 2.75) is 6.92 Å². The standard InChI is InChI=1S/C16H14O3.C5H5.Fe/c1-2-18-12-7-8-13-14(17)10-15(19-16(13)9-12)11-5-3-4-6-11;1-2-4-5-3-1;/h3-10,17H,2H2,1H3;1-5H;/q;-1;+2/p-1. The Hall–Kier alpha value is -2.55. The number of fused-ring (bicyclic) bond motifs is 1. The van der Waals surface area contributed by atoms with E-state index in [1.54, 1.807) is 18.2 Å². The van der Waals surface area contributed by atoms with E-state index < -0.39 is 0 Å². The SMILES string of the molecule is CCOc1ccc2c(c1)OC(=C1C=CC=C1)C=C2[O-].[Fe+2].c1cc[cH-]c1. The van der Waals surface area contributed by atoms with Crippen LogP contribution in [0.15, 0.2) is 90.2 Å². The predicted molar refractivity (Wildman–Crippen MR) is 93.6 cm³/mol. The smallest absolute Gasteiger partial charge is 0.872 e. The van der Waals surface area contributed by atoms with Crippen molar-refractivity contribution in [1.29, 1.82) is 0 Å². The molecular weight excluding hydrogens is 356 g/mol. The van der Waals surface area contributed by atoms with Gasteiger partial charge < -0.3 is 14.6 Å². The van der Waals surface area contributed by atoms with E-state index in [0.717, 1.165) is 5.57 Å². The molecule has 4 heteroatoms. The van der Waals surface area contributed by atoms with E-state index in [1.165, 1.54) is 6.08 Å². The molecule has 0 bridgehead atoms. The maximum atomic E-state index is 12.1. The molecule has 0 unspecified atom stereocenters. The average Bonchev–Trinajstić information content (AvgIpc) is 3.31. The van der Waals surface area contributed by atoms with Gasteiger partial charge >= 0.3 is 17.1 Å². The second-order valence-corrected chi connectivity index (χ2v) is 5.20. The van der Waals surface area contributed by atoms with Gasteiger partial charge in [0.1, 0.15) is 17.3 Å². The van der Waals surface area contributed by atoms with Gasteiger partial charge in [0, 0.05) is 17.2 Å². The Bertz CT molecular complexity index is 780. The molecule has 2 aromatic rings. The molecule has 25 heavy (non-hydrogen) atoms. The molecule has 0 amide bonds. The van der Waals surface area contributed by atoms with Gasteiger partial charge in [0.25, 0.3) is 0 Å². The number of benzene rings is 1. The first kappa shape index (κ1) is 18.8. The zero-order chi connectivity index (χ0) is 16.8. The number of ether oxygens (including phenoxy) is 2. The second kappa shape index (κ2) is 9.07. The summed E-state index contributed by atoms with van der Waals surface area (Å²) in [7, 11) is 0. The van der Waals surface area contributed by atoms with Crippen LogP contribution in [0.3, 0.4) is 0 Å². The van der Waals surface area contributed by atoms with Gasteiger partial charge in [0.2, 0.25) is 0 Å². The molecule has 0 spiro atoms. The van der Waals surface area contributed by atoms with Gasteiger partial charge in [-0.05, 0) is 25.1 Å². The predicted octanol–water partition coefficient (Wildman–Crippen LogP) is 3.96. The number of rotatable bonds is 2. The zero-order valence-electron chi connectivity index (χ0n) is 13.8. The maximum absolute atomic E-state index is 12.1. The summed E-state index contributed by atoms with van der Waals surface area (Å²) in [5.74, 6) is 1.80. The van der Waals surface area contributed by atoms with Crippen LogP contribution in [0.5, 0.6) is 11.5 Å². The first-order valence-electron chi connectivity index (χ1n) is 7.87. The molecule has 1 aliphatic carbocycles. The molecule has 3 nitrogen and oxygen atoms in total. The molecule has 0 fully saturated rings. The third-order valence-corrected chi connectivity index (χ3v) is 3.51. The molecule has 0 N–H and O–H groups in total. The van der Waals surface area contributed by atoms with Gasteiger partial charge in [-0.2, -0.15) is 18.2 Å². The number of hydrogen-bond acceptors (Lipinski definition) is 3. The van der Waals surface area contributed by atoms with Crippen molar-refractivity contribution >= 4 is 5.76 Å². The van der Waals surface area contributed by atoms with Gasteiger partial charge in [-0.3, -0.25) is 0 Å². The Morgan fingerprint density at radius 3 is 2.44 bits per heavy atom. The molecule has 0 aromatic heterocycles. The minimum atomic E-state index is -0.0412. The molecular formula is C21H18FeO3. The second-order valence-electron chi connectivity index (χ2n) is 5.20. The summed E-state index contributed by atoms with van der Waals surface area (Å²) in [5, 5.41) is 12.1. The van der Waals surface area contributed by atoms with E-state index in [9.17, 15) is 5.11 Å². The van der Waals surface area contributed by atoms with Gasteiger partial charge in [0.05, 0.1) is 6.61 Å². The van der Waals surface area contributed by atoms with Crippen LogP contribution in [0.25, 0.3) is 5.76 Å². The van der Waals surface area contributed by atoms with E-state index in [2.05, 4.69) is 0 Å². The van der Waals surface area contributed by atoms with E-state index in [-0.39, 0.29) is 22.8 Å². The summed E-state index contributed by atoms with van der Waals surface area (Å²) in [5.41, 5.74) is 1.47. The van der Waals surface area contributed by atoms with Crippen molar-refractivity contribution in [3.8, 4) is 11.5 Å². The monoisotopic (exact) mass is 374 g/mol. The fourth-order valence-electron chi connectivity index (χ4n) is 2.39. The minimum Gasteiger partial charge on any atom is -0.872 e. The van der Waals surface area contributed by atoms with Crippen LogP contribution in [0.1, 0.15) is 12.5 Å². The van der Waals surface area contributed by atoms with Crippen LogP contribution in [0.4, 0.5) is 0 Å². The van der Waals surface area contributed by atoms with Crippen LogP contribution in [-0.2, 0) is 17.1 Å². The molecule has 4 rings (SSSR count). The van der Waals surface area contributed by atoms with Gasteiger partial charge in [-0.15, -0.1) is 0 Å². The average molecular weight is 374 g/mol. The van der Waals surface area contributed by atoms with Crippen LogP contribution in [-0.4, -0.2) is 6.61 Å². The van der Waals surface area contributed by atoms with Crippen molar-refractivity contribution in [1.82, 2.24) is 0 Å². The molecule has 1 heterocycles. The fourth-order valence-corrected chi connectivity index (χ4v) is 2.39. The van der Waals surface area contributed by atoms with E-state index >= 15 is 0 Å². The fraction of sp³-hybridized carbons (Fsp3) is 0.0952. The quantitative estimate of drug-likeness (QED) is 0.590. The molecule has 2 aromatic carbocycles. The van der Waals surface area contributed by atoms with Gasteiger partial charge in [-0.1, -0.05) is 30.1 Å². The molecule has 0 atom stereocenters. The first-order chi connectivity index (χ1) is 11.8. The van der Waals surface area contributed by atoms with E-state index in [0.29, 0.717) is 29.4 Å². The third kappa shape index (κ3) is 4.72.